The van der Waals surface area contributed by atoms with Gasteiger partial charge >= 0.3 is 6.09 Å². The number of alkyl carbamates (subject to hydrolysis) is 1. The van der Waals surface area contributed by atoms with Gasteiger partial charge in [0, 0.05) is 18.2 Å². The van der Waals surface area contributed by atoms with Gasteiger partial charge in [-0.15, -0.1) is 11.8 Å². The van der Waals surface area contributed by atoms with Crippen molar-refractivity contribution < 1.29 is 14.3 Å². The molecular formula is C12H19NO3S. The lowest BCUT2D eigenvalue weighted by molar-refractivity contribution is -0.114. The minimum Gasteiger partial charge on any atom is -0.444 e. The Labute approximate surface area is 106 Å². The van der Waals surface area contributed by atoms with Crippen molar-refractivity contribution in [3.8, 4) is 0 Å². The average molecular weight is 257 g/mol. The zero-order valence-electron chi connectivity index (χ0n) is 10.5. The van der Waals surface area contributed by atoms with Gasteiger partial charge in [-0.1, -0.05) is 0 Å². The number of ketones is 1. The smallest absolute Gasteiger partial charge is 0.407 e. The first-order valence-corrected chi connectivity index (χ1v) is 6.63. The first-order valence-electron chi connectivity index (χ1n) is 5.68. The van der Waals surface area contributed by atoms with E-state index in [-0.39, 0.29) is 11.0 Å². The molecule has 0 aromatic rings. The second kappa shape index (κ2) is 6.10. The number of carbonyl (C=O) groups is 2. The molecule has 4 nitrogen and oxygen atoms in total. The monoisotopic (exact) mass is 257 g/mol. The van der Waals surface area contributed by atoms with Crippen molar-refractivity contribution in [2.75, 3.05) is 6.54 Å². The molecule has 17 heavy (non-hydrogen) atoms. The quantitative estimate of drug-likeness (QED) is 0.844. The van der Waals surface area contributed by atoms with E-state index in [4.69, 9.17) is 4.74 Å². The number of hydrogen-bond acceptors (Lipinski definition) is 4. The fraction of sp³-hybridized carbons (Fsp3) is 0.667. The Morgan fingerprint density at radius 3 is 2.88 bits per heavy atom. The molecule has 96 valence electrons. The molecule has 0 aliphatic carbocycles. The molecule has 1 aliphatic heterocycles. The van der Waals surface area contributed by atoms with Crippen LogP contribution in [-0.2, 0) is 9.53 Å². The van der Waals surface area contributed by atoms with E-state index in [9.17, 15) is 9.59 Å². The molecule has 0 saturated carbocycles. The molecule has 1 heterocycles. The Bertz CT molecular complexity index is 320. The highest BCUT2D eigenvalue weighted by molar-refractivity contribution is 8.02. The summed E-state index contributed by atoms with van der Waals surface area (Å²) in [5.41, 5.74) is -0.470. The molecule has 0 fully saturated rings. The van der Waals surface area contributed by atoms with Gasteiger partial charge in [-0.25, -0.2) is 4.79 Å². The van der Waals surface area contributed by atoms with E-state index in [0.717, 1.165) is 6.42 Å². The molecule has 0 saturated heterocycles. The third-order valence-corrected chi connectivity index (χ3v) is 3.17. The van der Waals surface area contributed by atoms with Gasteiger partial charge in [-0.05, 0) is 38.7 Å². The van der Waals surface area contributed by atoms with Crippen LogP contribution >= 0.6 is 11.8 Å². The van der Waals surface area contributed by atoms with E-state index in [2.05, 4.69) is 5.32 Å². The lowest BCUT2D eigenvalue weighted by Gasteiger charge is -2.20. The number of rotatable bonds is 3. The summed E-state index contributed by atoms with van der Waals surface area (Å²) in [7, 11) is 0. The molecule has 1 rings (SSSR count). The van der Waals surface area contributed by atoms with E-state index in [0.29, 0.717) is 13.0 Å². The fourth-order valence-corrected chi connectivity index (χ4v) is 2.35. The molecule has 1 unspecified atom stereocenters. The standard InChI is InChI=1S/C12H19NO3S/c1-12(2,3)16-11(15)13-6-4-10-8-9(14)5-7-17-10/h5,7,10H,4,6,8H2,1-3H3,(H,13,15). The summed E-state index contributed by atoms with van der Waals surface area (Å²) in [6, 6.07) is 0. The summed E-state index contributed by atoms with van der Waals surface area (Å²) in [4.78, 5) is 22.5. The van der Waals surface area contributed by atoms with Crippen molar-refractivity contribution in [3.63, 3.8) is 0 Å². The molecule has 1 amide bonds. The van der Waals surface area contributed by atoms with Gasteiger partial charge in [0.05, 0.1) is 0 Å². The molecule has 0 aromatic heterocycles. The van der Waals surface area contributed by atoms with Crippen molar-refractivity contribution >= 4 is 23.6 Å². The minimum absolute atomic E-state index is 0.158. The van der Waals surface area contributed by atoms with E-state index in [1.54, 1.807) is 17.8 Å². The van der Waals surface area contributed by atoms with Crippen LogP contribution in [0, 0.1) is 0 Å². The molecule has 1 N–H and O–H groups in total. The summed E-state index contributed by atoms with van der Waals surface area (Å²) in [5.74, 6) is 0.158. The Balaban J connectivity index is 2.18. The molecule has 0 radical (unpaired) electrons. The summed E-state index contributed by atoms with van der Waals surface area (Å²) in [6.45, 7) is 6.01. The normalized spacial score (nSPS) is 20.2. The zero-order valence-corrected chi connectivity index (χ0v) is 11.3. The maximum atomic E-state index is 11.3. The van der Waals surface area contributed by atoms with Gasteiger partial charge in [0.25, 0.3) is 0 Å². The lowest BCUT2D eigenvalue weighted by Crippen LogP contribution is -2.34. The second-order valence-electron chi connectivity index (χ2n) is 4.95. The number of ether oxygens (including phenoxy) is 1. The Morgan fingerprint density at radius 2 is 2.29 bits per heavy atom. The molecular weight excluding hydrogens is 238 g/mol. The van der Waals surface area contributed by atoms with Crippen molar-refractivity contribution in [1.29, 1.82) is 0 Å². The summed E-state index contributed by atoms with van der Waals surface area (Å²) in [5, 5.41) is 4.78. The summed E-state index contributed by atoms with van der Waals surface area (Å²) >= 11 is 1.64. The van der Waals surface area contributed by atoms with Gasteiger partial charge in [0.15, 0.2) is 5.78 Å². The summed E-state index contributed by atoms with van der Waals surface area (Å²) in [6.07, 6.45) is 2.53. The SMILES string of the molecule is CC(C)(C)OC(=O)NCCC1CC(=O)C=CS1. The van der Waals surface area contributed by atoms with Crippen LogP contribution < -0.4 is 5.32 Å². The Kier molecular flexibility index (Phi) is 5.05. The lowest BCUT2D eigenvalue weighted by atomic mass is 10.1. The minimum atomic E-state index is -0.470. The highest BCUT2D eigenvalue weighted by atomic mass is 32.2. The van der Waals surface area contributed by atoms with Gasteiger partial charge in [0.2, 0.25) is 0 Å². The Morgan fingerprint density at radius 1 is 1.59 bits per heavy atom. The maximum Gasteiger partial charge on any atom is 0.407 e. The van der Waals surface area contributed by atoms with E-state index < -0.39 is 11.7 Å². The number of hydrogen-bond donors (Lipinski definition) is 1. The van der Waals surface area contributed by atoms with Crippen LogP contribution in [0.2, 0.25) is 0 Å². The van der Waals surface area contributed by atoms with Crippen LogP contribution in [0.4, 0.5) is 4.79 Å². The number of carbonyl (C=O) groups excluding carboxylic acids is 2. The first-order chi connectivity index (χ1) is 7.87. The molecule has 5 heteroatoms. The van der Waals surface area contributed by atoms with Crippen LogP contribution in [0.1, 0.15) is 33.6 Å². The molecule has 1 atom stereocenters. The van der Waals surface area contributed by atoms with Crippen molar-refractivity contribution in [3.05, 3.63) is 11.5 Å². The third kappa shape index (κ3) is 6.36. The average Bonchev–Trinajstić information content (AvgIpc) is 2.14. The number of allylic oxidation sites excluding steroid dienone is 1. The van der Waals surface area contributed by atoms with E-state index in [1.165, 1.54) is 0 Å². The summed E-state index contributed by atoms with van der Waals surface area (Å²) < 4.78 is 5.11. The van der Waals surface area contributed by atoms with Crippen molar-refractivity contribution in [2.45, 2.75) is 44.5 Å². The molecule has 0 aromatic carbocycles. The number of thioether (sulfide) groups is 1. The predicted octanol–water partition coefficient (Wildman–Crippen LogP) is 2.49. The van der Waals surface area contributed by atoms with Crippen LogP contribution in [0.15, 0.2) is 11.5 Å². The second-order valence-corrected chi connectivity index (χ2v) is 6.16. The van der Waals surface area contributed by atoms with Crippen LogP contribution in [0.5, 0.6) is 0 Å². The largest absolute Gasteiger partial charge is 0.444 e. The molecule has 0 spiro atoms. The van der Waals surface area contributed by atoms with Crippen LogP contribution in [0.25, 0.3) is 0 Å². The number of nitrogens with one attached hydrogen (secondary N) is 1. The first kappa shape index (κ1) is 14.1. The fourth-order valence-electron chi connectivity index (χ4n) is 1.39. The maximum absolute atomic E-state index is 11.3. The van der Waals surface area contributed by atoms with Gasteiger partial charge < -0.3 is 10.1 Å². The van der Waals surface area contributed by atoms with Gasteiger partial charge in [-0.2, -0.15) is 0 Å². The van der Waals surface area contributed by atoms with E-state index >= 15 is 0 Å². The number of amides is 1. The van der Waals surface area contributed by atoms with Crippen molar-refractivity contribution in [1.82, 2.24) is 5.32 Å². The Hall–Kier alpha value is -0.970. The molecule has 1 aliphatic rings. The van der Waals surface area contributed by atoms with Crippen LogP contribution in [0.3, 0.4) is 0 Å². The van der Waals surface area contributed by atoms with Gasteiger partial charge in [-0.3, -0.25) is 4.79 Å². The van der Waals surface area contributed by atoms with E-state index in [1.807, 2.05) is 26.2 Å². The zero-order chi connectivity index (χ0) is 12.9. The topological polar surface area (TPSA) is 55.4 Å². The highest BCUT2D eigenvalue weighted by Crippen LogP contribution is 2.23. The van der Waals surface area contributed by atoms with Crippen LogP contribution in [-0.4, -0.2) is 29.3 Å². The predicted molar refractivity (Wildman–Crippen MR) is 69.0 cm³/mol. The third-order valence-electron chi connectivity index (χ3n) is 2.09. The van der Waals surface area contributed by atoms with Gasteiger partial charge in [0.1, 0.15) is 5.60 Å². The molecule has 0 bridgehead atoms. The van der Waals surface area contributed by atoms with Crippen molar-refractivity contribution in [2.24, 2.45) is 0 Å². The highest BCUT2D eigenvalue weighted by Gasteiger charge is 2.18.